The van der Waals surface area contributed by atoms with Crippen molar-refractivity contribution < 1.29 is 4.79 Å². The molecule has 1 amide bonds. The normalized spacial score (nSPS) is 11.8. The summed E-state index contributed by atoms with van der Waals surface area (Å²) in [4.78, 5) is 21.2. The highest BCUT2D eigenvalue weighted by Crippen LogP contribution is 2.20. The number of carbonyl (C=O) groups excluding carboxylic acids is 1. The molecule has 2 aromatic carbocycles. The van der Waals surface area contributed by atoms with Gasteiger partial charge < -0.3 is 15.6 Å². The first-order chi connectivity index (χ1) is 14.6. The highest BCUT2D eigenvalue weighted by atomic mass is 16.1. The van der Waals surface area contributed by atoms with Gasteiger partial charge in [0.1, 0.15) is 0 Å². The maximum Gasteiger partial charge on any atom is 0.251 e. The van der Waals surface area contributed by atoms with Gasteiger partial charge >= 0.3 is 0 Å². The fourth-order valence-electron chi connectivity index (χ4n) is 3.26. The van der Waals surface area contributed by atoms with E-state index in [0.717, 1.165) is 28.1 Å². The molecule has 6 nitrogen and oxygen atoms in total. The third-order valence-corrected chi connectivity index (χ3v) is 5.00. The average molecular weight is 397 g/mol. The molecular weight excluding hydrogens is 374 g/mol. The number of pyridine rings is 1. The summed E-state index contributed by atoms with van der Waals surface area (Å²) in [6.45, 7) is 2.41. The van der Waals surface area contributed by atoms with Crippen LogP contribution in [-0.2, 0) is 6.54 Å². The van der Waals surface area contributed by atoms with Gasteiger partial charge in [-0.25, -0.2) is 4.98 Å². The van der Waals surface area contributed by atoms with E-state index in [4.69, 9.17) is 5.73 Å². The second-order valence-corrected chi connectivity index (χ2v) is 7.09. The predicted molar refractivity (Wildman–Crippen MR) is 117 cm³/mol. The summed E-state index contributed by atoms with van der Waals surface area (Å²) in [7, 11) is 0. The Morgan fingerprint density at radius 3 is 2.53 bits per heavy atom. The second-order valence-electron chi connectivity index (χ2n) is 7.09. The molecule has 1 atom stereocenters. The van der Waals surface area contributed by atoms with Crippen molar-refractivity contribution in [3.63, 3.8) is 0 Å². The number of rotatable bonds is 6. The minimum atomic E-state index is -0.226. The van der Waals surface area contributed by atoms with E-state index in [9.17, 15) is 4.79 Å². The zero-order chi connectivity index (χ0) is 20.9. The van der Waals surface area contributed by atoms with Gasteiger partial charge in [-0.2, -0.15) is 0 Å². The van der Waals surface area contributed by atoms with E-state index in [1.807, 2.05) is 78.4 Å². The Kier molecular flexibility index (Phi) is 5.68. The van der Waals surface area contributed by atoms with Crippen molar-refractivity contribution in [2.45, 2.75) is 19.5 Å². The average Bonchev–Trinajstić information content (AvgIpc) is 3.30. The summed E-state index contributed by atoms with van der Waals surface area (Å²) in [5.74, 6) is -0.136. The molecule has 150 valence electrons. The molecule has 2 heterocycles. The van der Waals surface area contributed by atoms with E-state index in [1.54, 1.807) is 18.7 Å². The van der Waals surface area contributed by atoms with Crippen molar-refractivity contribution in [2.24, 2.45) is 5.73 Å². The summed E-state index contributed by atoms with van der Waals surface area (Å²) in [5.41, 5.74) is 11.3. The largest absolute Gasteiger partial charge is 0.344 e. The lowest BCUT2D eigenvalue weighted by atomic mass is 10.0. The Morgan fingerprint density at radius 1 is 1.07 bits per heavy atom. The minimum absolute atomic E-state index is 0.136. The Balaban J connectivity index is 1.44. The van der Waals surface area contributed by atoms with E-state index < -0.39 is 0 Å². The van der Waals surface area contributed by atoms with Gasteiger partial charge in [-0.1, -0.05) is 24.3 Å². The number of carbonyl (C=O) groups is 1. The van der Waals surface area contributed by atoms with Crippen LogP contribution in [0, 0.1) is 0 Å². The zero-order valence-corrected chi connectivity index (χ0v) is 16.7. The highest BCUT2D eigenvalue weighted by Gasteiger charge is 2.14. The van der Waals surface area contributed by atoms with Crippen molar-refractivity contribution in [3.8, 4) is 16.8 Å². The summed E-state index contributed by atoms with van der Waals surface area (Å²) in [6.07, 6.45) is 7.18. The summed E-state index contributed by atoms with van der Waals surface area (Å²) in [6, 6.07) is 19.2. The molecule has 0 aliphatic carbocycles. The summed E-state index contributed by atoms with van der Waals surface area (Å²) < 4.78 is 1.93. The van der Waals surface area contributed by atoms with Crippen LogP contribution in [0.25, 0.3) is 16.8 Å². The monoisotopic (exact) mass is 397 g/mol. The van der Waals surface area contributed by atoms with Crippen molar-refractivity contribution >= 4 is 5.91 Å². The molecule has 2 aromatic heterocycles. The molecule has 0 fully saturated rings. The Labute approximate surface area is 175 Å². The van der Waals surface area contributed by atoms with E-state index >= 15 is 0 Å². The quantitative estimate of drug-likeness (QED) is 0.517. The topological polar surface area (TPSA) is 85.8 Å². The van der Waals surface area contributed by atoms with Crippen molar-refractivity contribution in [1.82, 2.24) is 19.9 Å². The third kappa shape index (κ3) is 4.29. The predicted octanol–water partition coefficient (Wildman–Crippen LogP) is 3.88. The van der Waals surface area contributed by atoms with Crippen LogP contribution in [-0.4, -0.2) is 20.4 Å². The van der Waals surface area contributed by atoms with E-state index in [2.05, 4.69) is 15.3 Å². The molecular formula is C24H23N5O. The number of nitrogens with two attached hydrogens (primary N) is 1. The van der Waals surface area contributed by atoms with E-state index in [0.29, 0.717) is 12.1 Å². The van der Waals surface area contributed by atoms with Gasteiger partial charge in [-0.05, 0) is 60.0 Å². The van der Waals surface area contributed by atoms with E-state index in [-0.39, 0.29) is 11.9 Å². The number of imidazole rings is 1. The first kappa shape index (κ1) is 19.5. The van der Waals surface area contributed by atoms with Gasteiger partial charge in [0, 0.05) is 36.4 Å². The molecule has 0 bridgehead atoms. The summed E-state index contributed by atoms with van der Waals surface area (Å²) in [5, 5.41) is 3.01. The van der Waals surface area contributed by atoms with Gasteiger partial charge in [0.2, 0.25) is 0 Å². The van der Waals surface area contributed by atoms with Gasteiger partial charge in [-0.3, -0.25) is 9.78 Å². The smallest absolute Gasteiger partial charge is 0.251 e. The van der Waals surface area contributed by atoms with Crippen LogP contribution in [0.3, 0.4) is 0 Å². The van der Waals surface area contributed by atoms with Gasteiger partial charge in [0.15, 0.2) is 0 Å². The number of nitrogens with zero attached hydrogens (tertiary/aromatic N) is 3. The minimum Gasteiger partial charge on any atom is -0.344 e. The maximum absolute atomic E-state index is 12.7. The molecule has 30 heavy (non-hydrogen) atoms. The van der Waals surface area contributed by atoms with Gasteiger partial charge in [-0.15, -0.1) is 0 Å². The molecule has 3 N–H and O–H groups in total. The molecule has 0 saturated heterocycles. The Morgan fingerprint density at radius 2 is 1.80 bits per heavy atom. The van der Waals surface area contributed by atoms with E-state index in [1.165, 1.54) is 0 Å². The van der Waals surface area contributed by atoms with Crippen LogP contribution in [0.4, 0.5) is 0 Å². The van der Waals surface area contributed by atoms with Crippen LogP contribution in [0.5, 0.6) is 0 Å². The van der Waals surface area contributed by atoms with Crippen molar-refractivity contribution in [3.05, 3.63) is 102 Å². The maximum atomic E-state index is 12.7. The molecule has 0 saturated carbocycles. The molecule has 4 rings (SSSR count). The fourth-order valence-corrected chi connectivity index (χ4v) is 3.26. The molecule has 0 aliphatic rings. The first-order valence-electron chi connectivity index (χ1n) is 9.78. The lowest BCUT2D eigenvalue weighted by Crippen LogP contribution is -2.26. The second kappa shape index (κ2) is 8.71. The lowest BCUT2D eigenvalue weighted by Gasteiger charge is -2.12. The molecule has 0 radical (unpaired) electrons. The zero-order valence-electron chi connectivity index (χ0n) is 16.7. The number of hydrogen-bond acceptors (Lipinski definition) is 4. The Bertz CT molecular complexity index is 1140. The first-order valence-corrected chi connectivity index (χ1v) is 9.78. The molecule has 4 aromatic rings. The third-order valence-electron chi connectivity index (χ3n) is 5.00. The van der Waals surface area contributed by atoms with Crippen LogP contribution in [0.1, 0.15) is 34.6 Å². The van der Waals surface area contributed by atoms with Crippen molar-refractivity contribution in [1.29, 1.82) is 0 Å². The van der Waals surface area contributed by atoms with Gasteiger partial charge in [0.05, 0.1) is 18.1 Å². The van der Waals surface area contributed by atoms with Crippen LogP contribution in [0.2, 0.25) is 0 Å². The van der Waals surface area contributed by atoms with Gasteiger partial charge in [0.25, 0.3) is 5.91 Å². The SMILES string of the molecule is CC(NC(=O)c1ccc(-c2ccncc2)cc1)c1cn(-c2cccc(CN)c2)cn1. The lowest BCUT2D eigenvalue weighted by molar-refractivity contribution is 0.0939. The molecule has 6 heteroatoms. The van der Waals surface area contributed by atoms with Crippen LogP contribution in [0.15, 0.2) is 85.6 Å². The van der Waals surface area contributed by atoms with Crippen molar-refractivity contribution in [2.75, 3.05) is 0 Å². The Hall–Kier alpha value is -3.77. The molecule has 0 spiro atoms. The number of aromatic nitrogens is 3. The standard InChI is InChI=1S/C24H23N5O/c1-17(23-15-29(16-27-23)22-4-2-3-18(13-22)14-25)28-24(30)21-7-5-19(6-8-21)20-9-11-26-12-10-20/h2-13,15-17H,14,25H2,1H3,(H,28,30). The fraction of sp³-hybridized carbons (Fsp3) is 0.125. The highest BCUT2D eigenvalue weighted by molar-refractivity contribution is 5.94. The number of benzene rings is 2. The number of hydrogen-bond donors (Lipinski definition) is 2. The number of nitrogens with one attached hydrogen (secondary N) is 1. The van der Waals surface area contributed by atoms with Crippen LogP contribution < -0.4 is 11.1 Å². The summed E-state index contributed by atoms with van der Waals surface area (Å²) >= 11 is 0. The number of amides is 1. The molecule has 1 unspecified atom stereocenters. The molecule has 0 aliphatic heterocycles. The van der Waals surface area contributed by atoms with Crippen LogP contribution >= 0.6 is 0 Å².